The predicted octanol–water partition coefficient (Wildman–Crippen LogP) is 4.02. The fourth-order valence-electron chi connectivity index (χ4n) is 4.20. The maximum Gasteiger partial charge on any atom is 0.240 e. The largest absolute Gasteiger partial charge is 0.383 e. The van der Waals surface area contributed by atoms with Crippen molar-refractivity contribution in [1.29, 1.82) is 0 Å². The van der Waals surface area contributed by atoms with Crippen LogP contribution in [0.2, 0.25) is 5.02 Å². The number of amides is 1. The Kier molecular flexibility index (Phi) is 4.82. The zero-order valence-electron chi connectivity index (χ0n) is 17.8. The highest BCUT2D eigenvalue weighted by molar-refractivity contribution is 6.30. The zero-order chi connectivity index (χ0) is 22.5. The van der Waals surface area contributed by atoms with Crippen LogP contribution >= 0.6 is 11.6 Å². The van der Waals surface area contributed by atoms with Gasteiger partial charge < -0.3 is 15.5 Å². The second-order valence-corrected chi connectivity index (χ2v) is 8.51. The number of nitrogens with zero attached hydrogens (tertiary/aromatic N) is 5. The molecule has 0 radical (unpaired) electrons. The molecule has 5 rings (SSSR count). The Morgan fingerprint density at radius 3 is 2.72 bits per heavy atom. The SMILES string of the molecule is CCCCc1nc(-c2nc(N)c3c(n2)NC(=O)C3(C)c2ccc(Cl)cc2)cn2ccnc12. The van der Waals surface area contributed by atoms with E-state index in [2.05, 4.69) is 27.2 Å². The van der Waals surface area contributed by atoms with Gasteiger partial charge in [0, 0.05) is 23.6 Å². The molecule has 32 heavy (non-hydrogen) atoms. The second-order valence-electron chi connectivity index (χ2n) is 8.08. The summed E-state index contributed by atoms with van der Waals surface area (Å²) in [6, 6.07) is 7.14. The molecule has 0 fully saturated rings. The van der Waals surface area contributed by atoms with E-state index in [0.717, 1.165) is 36.2 Å². The number of hydrogen-bond acceptors (Lipinski definition) is 6. The zero-order valence-corrected chi connectivity index (χ0v) is 18.5. The number of aryl methyl sites for hydroxylation is 1. The number of benzene rings is 1. The first-order chi connectivity index (χ1) is 15.4. The van der Waals surface area contributed by atoms with Crippen molar-refractivity contribution in [3.63, 3.8) is 0 Å². The molecule has 3 N–H and O–H groups in total. The van der Waals surface area contributed by atoms with Crippen LogP contribution in [0.25, 0.3) is 17.2 Å². The molecule has 1 atom stereocenters. The molecule has 0 saturated carbocycles. The van der Waals surface area contributed by atoms with Crippen LogP contribution in [0.5, 0.6) is 0 Å². The van der Waals surface area contributed by atoms with Gasteiger partial charge in [0.15, 0.2) is 11.5 Å². The fraction of sp³-hybridized carbons (Fsp3) is 0.261. The summed E-state index contributed by atoms with van der Waals surface area (Å²) < 4.78 is 1.91. The number of nitrogen functional groups attached to an aromatic ring is 1. The summed E-state index contributed by atoms with van der Waals surface area (Å²) in [4.78, 5) is 31.4. The number of hydrogen-bond donors (Lipinski definition) is 2. The van der Waals surface area contributed by atoms with Gasteiger partial charge in [0.2, 0.25) is 5.91 Å². The predicted molar refractivity (Wildman–Crippen MR) is 124 cm³/mol. The lowest BCUT2D eigenvalue weighted by molar-refractivity contribution is -0.119. The summed E-state index contributed by atoms with van der Waals surface area (Å²) in [5.41, 5.74) is 8.99. The van der Waals surface area contributed by atoms with E-state index in [1.165, 1.54) is 0 Å². The van der Waals surface area contributed by atoms with Crippen LogP contribution in [0, 0.1) is 0 Å². The topological polar surface area (TPSA) is 111 Å². The average molecular weight is 448 g/mol. The van der Waals surface area contributed by atoms with Crippen molar-refractivity contribution in [2.75, 3.05) is 11.1 Å². The molecule has 3 aromatic heterocycles. The van der Waals surface area contributed by atoms with Crippen molar-refractivity contribution in [3.05, 3.63) is 64.7 Å². The van der Waals surface area contributed by atoms with Crippen molar-refractivity contribution in [1.82, 2.24) is 24.3 Å². The lowest BCUT2D eigenvalue weighted by Crippen LogP contribution is -2.32. The van der Waals surface area contributed by atoms with E-state index in [9.17, 15) is 4.79 Å². The molecule has 0 spiro atoms. The number of fused-ring (bicyclic) bond motifs is 2. The molecule has 9 heteroatoms. The number of aromatic nitrogens is 5. The van der Waals surface area contributed by atoms with Gasteiger partial charge in [-0.25, -0.2) is 19.9 Å². The van der Waals surface area contributed by atoms with E-state index >= 15 is 0 Å². The molecular formula is C23H22ClN7O. The fourth-order valence-corrected chi connectivity index (χ4v) is 4.32. The first-order valence-electron chi connectivity index (χ1n) is 10.5. The minimum atomic E-state index is -1.02. The minimum absolute atomic E-state index is 0.213. The molecule has 1 aromatic carbocycles. The summed E-state index contributed by atoms with van der Waals surface area (Å²) in [5.74, 6) is 0.783. The third kappa shape index (κ3) is 3.10. The summed E-state index contributed by atoms with van der Waals surface area (Å²) in [5, 5.41) is 3.48. The molecule has 4 heterocycles. The van der Waals surface area contributed by atoms with Gasteiger partial charge in [-0.1, -0.05) is 37.1 Å². The van der Waals surface area contributed by atoms with Crippen molar-refractivity contribution < 1.29 is 4.79 Å². The first-order valence-corrected chi connectivity index (χ1v) is 10.9. The molecule has 0 bridgehead atoms. The van der Waals surface area contributed by atoms with Gasteiger partial charge in [-0.2, -0.15) is 0 Å². The number of anilines is 2. The summed E-state index contributed by atoms with van der Waals surface area (Å²) in [7, 11) is 0. The standard InChI is InChI=1S/C23H22ClN7O/c1-3-4-5-15-21-26-10-11-31(21)12-16(27-15)19-28-18(25)17-20(29-19)30-22(32)23(17,2)13-6-8-14(24)9-7-13/h6-12H,3-5H2,1-2H3,(H3,25,28,29,30,32). The van der Waals surface area contributed by atoms with E-state index in [-0.39, 0.29) is 11.7 Å². The van der Waals surface area contributed by atoms with Gasteiger partial charge >= 0.3 is 0 Å². The number of carbonyl (C=O) groups is 1. The number of halogens is 1. The van der Waals surface area contributed by atoms with Gasteiger partial charge in [-0.05, 0) is 37.5 Å². The molecule has 4 aromatic rings. The van der Waals surface area contributed by atoms with Gasteiger partial charge in [0.1, 0.15) is 22.7 Å². The molecule has 1 aliphatic rings. The number of rotatable bonds is 5. The number of nitrogens with two attached hydrogens (primary N) is 1. The van der Waals surface area contributed by atoms with E-state index in [4.69, 9.17) is 22.3 Å². The Hall–Kier alpha value is -3.52. The van der Waals surface area contributed by atoms with Crippen LogP contribution in [-0.4, -0.2) is 30.2 Å². The van der Waals surface area contributed by atoms with Gasteiger partial charge in [0.25, 0.3) is 0 Å². The number of unbranched alkanes of at least 4 members (excludes halogenated alkanes) is 1. The average Bonchev–Trinajstić information content (AvgIpc) is 3.35. The summed E-state index contributed by atoms with van der Waals surface area (Å²) >= 11 is 6.03. The summed E-state index contributed by atoms with van der Waals surface area (Å²) in [6.07, 6.45) is 8.29. The van der Waals surface area contributed by atoms with Gasteiger partial charge in [0.05, 0.1) is 11.3 Å². The molecule has 8 nitrogen and oxygen atoms in total. The van der Waals surface area contributed by atoms with Crippen LogP contribution < -0.4 is 11.1 Å². The highest BCUT2D eigenvalue weighted by Gasteiger charge is 2.47. The van der Waals surface area contributed by atoms with Crippen LogP contribution in [-0.2, 0) is 16.6 Å². The van der Waals surface area contributed by atoms with Crippen LogP contribution in [0.3, 0.4) is 0 Å². The minimum Gasteiger partial charge on any atom is -0.383 e. The smallest absolute Gasteiger partial charge is 0.240 e. The Morgan fingerprint density at radius 1 is 1.19 bits per heavy atom. The maximum atomic E-state index is 13.1. The van der Waals surface area contributed by atoms with E-state index in [0.29, 0.717) is 27.9 Å². The van der Waals surface area contributed by atoms with Gasteiger partial charge in [-0.15, -0.1) is 0 Å². The van der Waals surface area contributed by atoms with Crippen LogP contribution in [0.15, 0.2) is 42.9 Å². The normalized spacial score (nSPS) is 17.5. The molecule has 1 unspecified atom stereocenters. The van der Waals surface area contributed by atoms with Crippen molar-refractivity contribution in [2.45, 2.75) is 38.5 Å². The monoisotopic (exact) mass is 447 g/mol. The molecule has 1 amide bonds. The molecule has 0 aliphatic carbocycles. The van der Waals surface area contributed by atoms with E-state index in [1.54, 1.807) is 18.3 Å². The Bertz CT molecular complexity index is 1350. The first kappa shape index (κ1) is 20.4. The Morgan fingerprint density at radius 2 is 1.97 bits per heavy atom. The van der Waals surface area contributed by atoms with Gasteiger partial charge in [-0.3, -0.25) is 4.79 Å². The number of nitrogens with one attached hydrogen (secondary N) is 1. The molecule has 0 saturated heterocycles. The highest BCUT2D eigenvalue weighted by atomic mass is 35.5. The van der Waals surface area contributed by atoms with Crippen molar-refractivity contribution >= 4 is 34.8 Å². The lowest BCUT2D eigenvalue weighted by Gasteiger charge is -2.23. The van der Waals surface area contributed by atoms with E-state index in [1.807, 2.05) is 35.9 Å². The van der Waals surface area contributed by atoms with E-state index < -0.39 is 5.41 Å². The van der Waals surface area contributed by atoms with Crippen LogP contribution in [0.1, 0.15) is 43.5 Å². The third-order valence-corrected chi connectivity index (χ3v) is 6.24. The highest BCUT2D eigenvalue weighted by Crippen LogP contribution is 2.45. The maximum absolute atomic E-state index is 13.1. The van der Waals surface area contributed by atoms with Crippen molar-refractivity contribution in [3.8, 4) is 11.5 Å². The molecular weight excluding hydrogens is 426 g/mol. The lowest BCUT2D eigenvalue weighted by atomic mass is 9.78. The third-order valence-electron chi connectivity index (χ3n) is 5.98. The molecule has 162 valence electrons. The summed E-state index contributed by atoms with van der Waals surface area (Å²) in [6.45, 7) is 3.95. The number of carbonyl (C=O) groups excluding carboxylic acids is 1. The van der Waals surface area contributed by atoms with Crippen LogP contribution in [0.4, 0.5) is 11.6 Å². The Labute approximate surface area is 189 Å². The molecule has 1 aliphatic heterocycles. The van der Waals surface area contributed by atoms with Crippen molar-refractivity contribution in [2.24, 2.45) is 0 Å². The second kappa shape index (κ2) is 7.56. The Balaban J connectivity index is 1.63. The number of imidazole rings is 1. The quantitative estimate of drug-likeness (QED) is 0.478.